The number of para-hydroxylation sites is 1. The van der Waals surface area contributed by atoms with E-state index in [0.717, 1.165) is 24.9 Å². The van der Waals surface area contributed by atoms with Gasteiger partial charge in [0.1, 0.15) is 5.39 Å². The maximum absolute atomic E-state index is 12.6. The molecule has 0 aliphatic carbocycles. The quantitative estimate of drug-likeness (QED) is 0.290. The summed E-state index contributed by atoms with van der Waals surface area (Å²) < 4.78 is 3.24. The number of unbranched alkanes of at least 4 members (excludes halogenated alkanes) is 2. The molecule has 0 saturated heterocycles. The lowest BCUT2D eigenvalue weighted by Gasteiger charge is -2.06. The molecule has 0 spiro atoms. The summed E-state index contributed by atoms with van der Waals surface area (Å²) in [5, 5.41) is 4.78. The minimum absolute atomic E-state index is 0.105. The monoisotopic (exact) mass is 340 g/mol. The van der Waals surface area contributed by atoms with Crippen molar-refractivity contribution in [2.75, 3.05) is 0 Å². The summed E-state index contributed by atoms with van der Waals surface area (Å²) in [6.45, 7) is 0.558. The Hall–Kier alpha value is -3.00. The second-order valence-electron chi connectivity index (χ2n) is 5.75. The number of rotatable bonds is 7. The largest absolute Gasteiger partial charge is 0.299 e. The van der Waals surface area contributed by atoms with Gasteiger partial charge >= 0.3 is 0 Å². The van der Waals surface area contributed by atoms with Crippen molar-refractivity contribution in [3.8, 4) is 5.69 Å². The molecule has 0 aliphatic rings. The molecule has 8 heteroatoms. The van der Waals surface area contributed by atoms with Crippen LogP contribution in [0, 0.1) is 0 Å². The second kappa shape index (κ2) is 7.71. The van der Waals surface area contributed by atoms with Crippen LogP contribution in [0.4, 0.5) is 0 Å². The van der Waals surface area contributed by atoms with Crippen LogP contribution in [0.5, 0.6) is 0 Å². The van der Waals surface area contributed by atoms with Crippen LogP contribution < -0.4 is 16.8 Å². The highest BCUT2D eigenvalue weighted by Crippen LogP contribution is 2.13. The molecular weight excluding hydrogens is 320 g/mol. The average molecular weight is 340 g/mol. The predicted octanol–water partition coefficient (Wildman–Crippen LogP) is 1.13. The van der Waals surface area contributed by atoms with E-state index in [1.807, 2.05) is 30.3 Å². The van der Waals surface area contributed by atoms with Gasteiger partial charge in [0.05, 0.1) is 18.2 Å². The van der Waals surface area contributed by atoms with E-state index in [1.54, 1.807) is 21.8 Å². The Bertz CT molecular complexity index is 916. The Balaban J connectivity index is 1.71. The molecule has 2 heterocycles. The molecule has 0 saturated carbocycles. The first-order valence-corrected chi connectivity index (χ1v) is 8.19. The van der Waals surface area contributed by atoms with Crippen molar-refractivity contribution in [3.05, 3.63) is 53.2 Å². The molecule has 0 aliphatic heterocycles. The highest BCUT2D eigenvalue weighted by Gasteiger charge is 2.11. The fourth-order valence-electron chi connectivity index (χ4n) is 2.68. The second-order valence-corrected chi connectivity index (χ2v) is 5.75. The molecule has 3 N–H and O–H groups in total. The number of carbonyl (C=O) groups excluding carboxylic acids is 1. The Morgan fingerprint density at radius 2 is 1.96 bits per heavy atom. The van der Waals surface area contributed by atoms with E-state index in [-0.39, 0.29) is 11.5 Å². The minimum atomic E-state index is -0.173. The van der Waals surface area contributed by atoms with E-state index in [9.17, 15) is 9.59 Å². The van der Waals surface area contributed by atoms with Crippen LogP contribution in [-0.2, 0) is 11.3 Å². The topological polar surface area (TPSA) is 108 Å². The van der Waals surface area contributed by atoms with Crippen molar-refractivity contribution in [1.29, 1.82) is 0 Å². The molecule has 130 valence electrons. The number of hydrogen-bond donors (Lipinski definition) is 2. The third kappa shape index (κ3) is 3.74. The van der Waals surface area contributed by atoms with E-state index < -0.39 is 0 Å². The lowest BCUT2D eigenvalue weighted by atomic mass is 10.2. The molecule has 0 fully saturated rings. The average Bonchev–Trinajstić information content (AvgIpc) is 3.08. The zero-order valence-electron chi connectivity index (χ0n) is 13.8. The fraction of sp³-hybridized carbons (Fsp3) is 0.294. The van der Waals surface area contributed by atoms with Crippen molar-refractivity contribution in [1.82, 2.24) is 24.8 Å². The number of fused-ring (bicyclic) bond motifs is 1. The van der Waals surface area contributed by atoms with Crippen LogP contribution in [0.2, 0.25) is 0 Å². The zero-order chi connectivity index (χ0) is 17.6. The summed E-state index contributed by atoms with van der Waals surface area (Å²) in [6, 6.07) is 9.57. The molecule has 3 aromatic rings. The maximum atomic E-state index is 12.6. The smallest absolute Gasteiger partial charge is 0.264 e. The number of carbonyl (C=O) groups is 1. The van der Waals surface area contributed by atoms with Crippen molar-refractivity contribution in [3.63, 3.8) is 0 Å². The van der Waals surface area contributed by atoms with Gasteiger partial charge in [-0.2, -0.15) is 5.10 Å². The molecule has 8 nitrogen and oxygen atoms in total. The summed E-state index contributed by atoms with van der Waals surface area (Å²) >= 11 is 0. The molecule has 3 rings (SSSR count). The number of aryl methyl sites for hydroxylation is 1. The summed E-state index contributed by atoms with van der Waals surface area (Å²) in [6.07, 6.45) is 5.86. The molecule has 0 atom stereocenters. The first kappa shape index (κ1) is 16.8. The number of hydrazine groups is 1. The van der Waals surface area contributed by atoms with Crippen molar-refractivity contribution < 1.29 is 4.79 Å². The van der Waals surface area contributed by atoms with E-state index in [2.05, 4.69) is 15.5 Å². The number of nitrogens with one attached hydrogen (secondary N) is 1. The lowest BCUT2D eigenvalue weighted by Crippen LogP contribution is -2.29. The fourth-order valence-corrected chi connectivity index (χ4v) is 2.68. The molecule has 0 bridgehead atoms. The van der Waals surface area contributed by atoms with Gasteiger partial charge in [-0.3, -0.25) is 19.6 Å². The van der Waals surface area contributed by atoms with Crippen LogP contribution in [-0.4, -0.2) is 25.2 Å². The number of hydrogen-bond acceptors (Lipinski definition) is 5. The van der Waals surface area contributed by atoms with E-state index >= 15 is 0 Å². The summed E-state index contributed by atoms with van der Waals surface area (Å²) in [5.74, 6) is 4.86. The molecule has 25 heavy (non-hydrogen) atoms. The molecule has 1 amide bonds. The van der Waals surface area contributed by atoms with Crippen molar-refractivity contribution in [2.24, 2.45) is 5.84 Å². The first-order chi connectivity index (χ1) is 12.2. The Morgan fingerprint density at radius 1 is 1.16 bits per heavy atom. The Labute approximate surface area is 144 Å². The van der Waals surface area contributed by atoms with E-state index in [0.29, 0.717) is 24.0 Å². The molecule has 0 unspecified atom stereocenters. The van der Waals surface area contributed by atoms with Gasteiger partial charge in [-0.15, -0.1) is 0 Å². The van der Waals surface area contributed by atoms with Gasteiger partial charge in [0.15, 0.2) is 5.65 Å². The van der Waals surface area contributed by atoms with Crippen molar-refractivity contribution >= 4 is 16.9 Å². The Morgan fingerprint density at radius 3 is 2.72 bits per heavy atom. The van der Waals surface area contributed by atoms with Crippen LogP contribution in [0.25, 0.3) is 16.7 Å². The Kier molecular flexibility index (Phi) is 5.20. The number of amides is 1. The van der Waals surface area contributed by atoms with Crippen LogP contribution in [0.3, 0.4) is 0 Å². The number of benzene rings is 1. The van der Waals surface area contributed by atoms with Gasteiger partial charge in [-0.05, 0) is 25.0 Å². The van der Waals surface area contributed by atoms with Gasteiger partial charge in [0.2, 0.25) is 5.91 Å². The predicted molar refractivity (Wildman–Crippen MR) is 93.9 cm³/mol. The van der Waals surface area contributed by atoms with Gasteiger partial charge in [0.25, 0.3) is 5.56 Å². The lowest BCUT2D eigenvalue weighted by molar-refractivity contribution is -0.121. The van der Waals surface area contributed by atoms with Gasteiger partial charge < -0.3 is 0 Å². The summed E-state index contributed by atoms with van der Waals surface area (Å²) in [5.41, 5.74) is 3.41. The summed E-state index contributed by atoms with van der Waals surface area (Å²) in [4.78, 5) is 28.0. The third-order valence-electron chi connectivity index (χ3n) is 4.02. The third-order valence-corrected chi connectivity index (χ3v) is 4.02. The highest BCUT2D eigenvalue weighted by atomic mass is 16.2. The van der Waals surface area contributed by atoms with Crippen LogP contribution >= 0.6 is 0 Å². The minimum Gasteiger partial charge on any atom is -0.299 e. The van der Waals surface area contributed by atoms with Gasteiger partial charge in [-0.1, -0.05) is 24.6 Å². The zero-order valence-corrected chi connectivity index (χ0v) is 13.8. The highest BCUT2D eigenvalue weighted by molar-refractivity contribution is 5.75. The standard InChI is InChI=1S/C17H20N6O2/c18-21-15(24)9-5-2-6-10-22-12-19-16-14(17(22)25)11-20-23(16)13-7-3-1-4-8-13/h1,3-4,7-8,11-12H,2,5-6,9-10,18H2,(H,21,24). The van der Waals surface area contributed by atoms with E-state index in [4.69, 9.17) is 5.84 Å². The summed E-state index contributed by atoms with van der Waals surface area (Å²) in [7, 11) is 0. The molecule has 2 aromatic heterocycles. The first-order valence-electron chi connectivity index (χ1n) is 8.19. The molecule has 0 radical (unpaired) electrons. The number of nitrogens with two attached hydrogens (primary N) is 1. The maximum Gasteiger partial charge on any atom is 0.264 e. The van der Waals surface area contributed by atoms with Gasteiger partial charge in [0, 0.05) is 13.0 Å². The normalized spacial score (nSPS) is 10.9. The van der Waals surface area contributed by atoms with E-state index in [1.165, 1.54) is 0 Å². The SMILES string of the molecule is NNC(=O)CCCCCn1cnc2c(cnn2-c2ccccc2)c1=O. The van der Waals surface area contributed by atoms with Crippen LogP contribution in [0.15, 0.2) is 47.7 Å². The van der Waals surface area contributed by atoms with Crippen molar-refractivity contribution in [2.45, 2.75) is 32.2 Å². The number of nitrogens with zero attached hydrogens (tertiary/aromatic N) is 4. The molecular formula is C17H20N6O2. The van der Waals surface area contributed by atoms with Crippen LogP contribution in [0.1, 0.15) is 25.7 Å². The number of aromatic nitrogens is 4. The molecule has 1 aromatic carbocycles. The van der Waals surface area contributed by atoms with Gasteiger partial charge in [-0.25, -0.2) is 15.5 Å².